The van der Waals surface area contributed by atoms with Crippen LogP contribution < -0.4 is 9.64 Å². The third-order valence-corrected chi connectivity index (χ3v) is 5.10. The summed E-state index contributed by atoms with van der Waals surface area (Å²) in [6, 6.07) is 16.6. The second-order valence-corrected chi connectivity index (χ2v) is 7.19. The van der Waals surface area contributed by atoms with E-state index in [9.17, 15) is 14.7 Å². The number of rotatable bonds is 4. The zero-order valence-corrected chi connectivity index (χ0v) is 16.9. The zero-order chi connectivity index (χ0) is 21.4. The van der Waals surface area contributed by atoms with Crippen LogP contribution in [0, 0.1) is 13.8 Å². The largest absolute Gasteiger partial charge is 0.507 e. The van der Waals surface area contributed by atoms with Crippen LogP contribution in [0.4, 0.5) is 5.69 Å². The van der Waals surface area contributed by atoms with Gasteiger partial charge in [0.25, 0.3) is 11.7 Å². The molecule has 3 aromatic rings. The van der Waals surface area contributed by atoms with Gasteiger partial charge in [-0.15, -0.1) is 0 Å². The van der Waals surface area contributed by atoms with Gasteiger partial charge in [-0.2, -0.15) is 0 Å². The maximum atomic E-state index is 13.1. The Balaban J connectivity index is 1.94. The SMILES string of the molecule is COc1cccc(/C(O)=C2/C(=O)C(=O)N(c3cccc(C)c3)C2c2ccc(C)o2)c1. The van der Waals surface area contributed by atoms with Crippen LogP contribution in [0.15, 0.2) is 70.7 Å². The number of carbonyl (C=O) groups is 2. The van der Waals surface area contributed by atoms with E-state index in [0.29, 0.717) is 28.5 Å². The zero-order valence-electron chi connectivity index (χ0n) is 16.9. The topological polar surface area (TPSA) is 80.0 Å². The Bertz CT molecular complexity index is 1170. The molecular formula is C24H21NO5. The molecule has 0 spiro atoms. The summed E-state index contributed by atoms with van der Waals surface area (Å²) in [6.07, 6.45) is 0. The van der Waals surface area contributed by atoms with Crippen molar-refractivity contribution in [3.63, 3.8) is 0 Å². The first-order chi connectivity index (χ1) is 14.4. The molecule has 0 saturated carbocycles. The van der Waals surface area contributed by atoms with Crippen LogP contribution >= 0.6 is 0 Å². The number of anilines is 1. The van der Waals surface area contributed by atoms with Crippen molar-refractivity contribution in [2.24, 2.45) is 0 Å². The van der Waals surface area contributed by atoms with Crippen LogP contribution in [-0.4, -0.2) is 23.9 Å². The number of aryl methyl sites for hydroxylation is 2. The van der Waals surface area contributed by atoms with Gasteiger partial charge in [0.1, 0.15) is 29.1 Å². The minimum atomic E-state index is -0.883. The summed E-state index contributed by atoms with van der Waals surface area (Å²) in [5, 5.41) is 11.1. The van der Waals surface area contributed by atoms with E-state index in [-0.39, 0.29) is 11.3 Å². The highest BCUT2D eigenvalue weighted by molar-refractivity contribution is 6.51. The Morgan fingerprint density at radius 2 is 1.80 bits per heavy atom. The van der Waals surface area contributed by atoms with Crippen molar-refractivity contribution in [2.45, 2.75) is 19.9 Å². The molecule has 0 radical (unpaired) electrons. The van der Waals surface area contributed by atoms with E-state index in [4.69, 9.17) is 9.15 Å². The Labute approximate surface area is 174 Å². The molecule has 1 fully saturated rings. The highest BCUT2D eigenvalue weighted by atomic mass is 16.5. The molecule has 1 unspecified atom stereocenters. The first-order valence-corrected chi connectivity index (χ1v) is 9.49. The number of amides is 1. The third-order valence-electron chi connectivity index (χ3n) is 5.10. The van der Waals surface area contributed by atoms with Crippen molar-refractivity contribution >= 4 is 23.1 Å². The van der Waals surface area contributed by atoms with Crippen LogP contribution in [0.5, 0.6) is 5.75 Å². The van der Waals surface area contributed by atoms with Gasteiger partial charge < -0.3 is 14.3 Å². The molecule has 1 amide bonds. The van der Waals surface area contributed by atoms with E-state index >= 15 is 0 Å². The number of nitrogens with zero attached hydrogens (tertiary/aromatic N) is 1. The lowest BCUT2D eigenvalue weighted by atomic mass is 9.99. The fourth-order valence-electron chi connectivity index (χ4n) is 3.67. The van der Waals surface area contributed by atoms with Gasteiger partial charge in [0.2, 0.25) is 0 Å². The fourth-order valence-corrected chi connectivity index (χ4v) is 3.67. The normalized spacial score (nSPS) is 18.1. The Morgan fingerprint density at radius 3 is 2.47 bits per heavy atom. The molecule has 152 valence electrons. The number of ketones is 1. The van der Waals surface area contributed by atoms with Crippen LogP contribution in [0.3, 0.4) is 0 Å². The van der Waals surface area contributed by atoms with E-state index in [2.05, 4.69) is 0 Å². The number of hydrogen-bond acceptors (Lipinski definition) is 5. The van der Waals surface area contributed by atoms with Crippen molar-refractivity contribution in [1.82, 2.24) is 0 Å². The van der Waals surface area contributed by atoms with E-state index in [1.54, 1.807) is 49.4 Å². The minimum Gasteiger partial charge on any atom is -0.507 e. The predicted molar refractivity (Wildman–Crippen MR) is 112 cm³/mol. The first-order valence-electron chi connectivity index (χ1n) is 9.49. The van der Waals surface area contributed by atoms with Crippen LogP contribution in [0.25, 0.3) is 5.76 Å². The Hall–Kier alpha value is -3.80. The second kappa shape index (κ2) is 7.55. The van der Waals surface area contributed by atoms with Gasteiger partial charge in [-0.3, -0.25) is 14.5 Å². The van der Waals surface area contributed by atoms with Crippen molar-refractivity contribution < 1.29 is 23.8 Å². The van der Waals surface area contributed by atoms with Crippen molar-refractivity contribution in [3.8, 4) is 5.75 Å². The molecule has 0 bridgehead atoms. The summed E-state index contributed by atoms with van der Waals surface area (Å²) < 4.78 is 11.0. The molecule has 1 aliphatic heterocycles. The lowest BCUT2D eigenvalue weighted by Gasteiger charge is -2.23. The molecule has 1 aliphatic rings. The monoisotopic (exact) mass is 403 g/mol. The molecular weight excluding hydrogens is 382 g/mol. The van der Waals surface area contributed by atoms with E-state index in [1.165, 1.54) is 12.0 Å². The first kappa shape index (κ1) is 19.5. The van der Waals surface area contributed by atoms with Gasteiger partial charge >= 0.3 is 0 Å². The second-order valence-electron chi connectivity index (χ2n) is 7.19. The lowest BCUT2D eigenvalue weighted by Crippen LogP contribution is -2.29. The number of benzene rings is 2. The number of carbonyl (C=O) groups excluding carboxylic acids is 2. The molecule has 30 heavy (non-hydrogen) atoms. The summed E-state index contributed by atoms with van der Waals surface area (Å²) in [5.41, 5.74) is 1.85. The van der Waals surface area contributed by atoms with Crippen molar-refractivity contribution in [2.75, 3.05) is 12.0 Å². The number of furan rings is 1. The highest BCUT2D eigenvalue weighted by Gasteiger charge is 2.48. The Morgan fingerprint density at radius 1 is 1.03 bits per heavy atom. The van der Waals surface area contributed by atoms with Crippen LogP contribution in [-0.2, 0) is 9.59 Å². The Kier molecular flexibility index (Phi) is 4.91. The lowest BCUT2D eigenvalue weighted by molar-refractivity contribution is -0.132. The van der Waals surface area contributed by atoms with Crippen molar-refractivity contribution in [3.05, 3.63) is 88.9 Å². The molecule has 4 rings (SSSR count). The molecule has 1 aromatic heterocycles. The summed E-state index contributed by atoms with van der Waals surface area (Å²) in [4.78, 5) is 27.5. The molecule has 6 nitrogen and oxygen atoms in total. The molecule has 1 saturated heterocycles. The number of hydrogen-bond donors (Lipinski definition) is 1. The van der Waals surface area contributed by atoms with Crippen LogP contribution in [0.2, 0.25) is 0 Å². The van der Waals surface area contributed by atoms with Gasteiger partial charge in [-0.25, -0.2) is 0 Å². The number of aliphatic hydroxyl groups excluding tert-OH is 1. The maximum Gasteiger partial charge on any atom is 0.300 e. The van der Waals surface area contributed by atoms with Gasteiger partial charge in [0.05, 0.1) is 12.7 Å². The van der Waals surface area contributed by atoms with E-state index in [1.807, 2.05) is 25.1 Å². The fraction of sp³-hybridized carbons (Fsp3) is 0.167. The summed E-state index contributed by atoms with van der Waals surface area (Å²) in [6.45, 7) is 3.69. The molecule has 1 atom stereocenters. The van der Waals surface area contributed by atoms with Gasteiger partial charge in [0, 0.05) is 11.3 Å². The molecule has 2 heterocycles. The number of Topliss-reactive ketones (excluding diaryl/α,β-unsaturated/α-hetero) is 1. The maximum absolute atomic E-state index is 13.1. The summed E-state index contributed by atoms with van der Waals surface area (Å²) in [5.74, 6) is -0.197. The molecule has 6 heteroatoms. The third kappa shape index (κ3) is 3.26. The summed E-state index contributed by atoms with van der Waals surface area (Å²) in [7, 11) is 1.52. The van der Waals surface area contributed by atoms with Crippen molar-refractivity contribution in [1.29, 1.82) is 0 Å². The van der Waals surface area contributed by atoms with Gasteiger partial charge in [-0.05, 0) is 55.8 Å². The molecule has 0 aliphatic carbocycles. The van der Waals surface area contributed by atoms with Crippen LogP contribution in [0.1, 0.15) is 28.7 Å². The quantitative estimate of drug-likeness (QED) is 0.393. The average molecular weight is 403 g/mol. The van der Waals surface area contributed by atoms with E-state index < -0.39 is 17.7 Å². The van der Waals surface area contributed by atoms with E-state index in [0.717, 1.165) is 5.56 Å². The van der Waals surface area contributed by atoms with Gasteiger partial charge in [0.15, 0.2) is 0 Å². The number of ether oxygens (including phenoxy) is 1. The number of methoxy groups -OCH3 is 1. The molecule has 2 aromatic carbocycles. The summed E-state index contributed by atoms with van der Waals surface area (Å²) >= 11 is 0. The number of aliphatic hydroxyl groups is 1. The smallest absolute Gasteiger partial charge is 0.300 e. The minimum absolute atomic E-state index is 0.0240. The van der Waals surface area contributed by atoms with Gasteiger partial charge in [-0.1, -0.05) is 24.3 Å². The standard InChI is InChI=1S/C24H21NO5/c1-14-6-4-8-17(12-14)25-21(19-11-10-15(2)30-19)20(23(27)24(25)28)22(26)16-7-5-9-18(13-16)29-3/h4-13,21,26H,1-3H3/b22-20-. The molecule has 1 N–H and O–H groups in total. The highest BCUT2D eigenvalue weighted by Crippen LogP contribution is 2.43. The predicted octanol–water partition coefficient (Wildman–Crippen LogP) is 4.53. The average Bonchev–Trinajstić information content (AvgIpc) is 3.28.